The van der Waals surface area contributed by atoms with Gasteiger partial charge in [-0.05, 0) is 42.0 Å². The largest absolute Gasteiger partial charge is 0.309 e. The number of hydrogen-bond donors (Lipinski definition) is 2. The molecule has 1 aromatic carbocycles. The van der Waals surface area contributed by atoms with E-state index in [1.807, 2.05) is 6.07 Å². The molecule has 1 heterocycles. The van der Waals surface area contributed by atoms with Crippen molar-refractivity contribution in [2.24, 2.45) is 5.92 Å². The Morgan fingerprint density at radius 3 is 2.74 bits per heavy atom. The number of rotatable bonds is 3. The number of benzene rings is 1. The highest BCUT2D eigenvalue weighted by Gasteiger charge is 2.28. The summed E-state index contributed by atoms with van der Waals surface area (Å²) in [5.41, 5.74) is 2.30. The van der Waals surface area contributed by atoms with Gasteiger partial charge in [-0.2, -0.15) is 0 Å². The van der Waals surface area contributed by atoms with Crippen molar-refractivity contribution in [2.45, 2.75) is 50.2 Å². The van der Waals surface area contributed by atoms with Gasteiger partial charge in [0.15, 0.2) is 0 Å². The molecule has 0 aromatic heterocycles. The second-order valence-corrected chi connectivity index (χ2v) is 7.38. The summed E-state index contributed by atoms with van der Waals surface area (Å²) >= 11 is 0. The molecule has 1 saturated carbocycles. The fourth-order valence-corrected chi connectivity index (χ4v) is 4.46. The van der Waals surface area contributed by atoms with Crippen molar-refractivity contribution >= 4 is 10.0 Å². The van der Waals surface area contributed by atoms with Crippen molar-refractivity contribution < 1.29 is 8.42 Å². The molecular formula is C14H20N2O2S. The lowest BCUT2D eigenvalue weighted by Crippen LogP contribution is -2.36. The Kier molecular flexibility index (Phi) is 3.37. The van der Waals surface area contributed by atoms with E-state index in [2.05, 4.69) is 17.0 Å². The number of hydrogen-bond acceptors (Lipinski definition) is 3. The fourth-order valence-electron chi connectivity index (χ4n) is 3.03. The number of sulfonamides is 1. The minimum absolute atomic E-state index is 0.0939. The summed E-state index contributed by atoms with van der Waals surface area (Å²) in [6, 6.07) is 5.53. The van der Waals surface area contributed by atoms with Crippen molar-refractivity contribution in [3.63, 3.8) is 0 Å². The molecule has 0 radical (unpaired) electrons. The molecule has 0 amide bonds. The molecule has 3 rings (SSSR count). The summed E-state index contributed by atoms with van der Waals surface area (Å²) < 4.78 is 27.7. The predicted molar refractivity (Wildman–Crippen MR) is 74.1 cm³/mol. The first-order valence-corrected chi connectivity index (χ1v) is 8.39. The fraction of sp³-hybridized carbons (Fsp3) is 0.571. The molecule has 1 aliphatic heterocycles. The third kappa shape index (κ3) is 2.55. The SMILES string of the molecule is CC1CCCC1NS(=O)(=O)c1ccc2c(c1)CNC2. The van der Waals surface area contributed by atoms with Crippen LogP contribution in [0.25, 0.3) is 0 Å². The molecule has 19 heavy (non-hydrogen) atoms. The number of fused-ring (bicyclic) bond motifs is 1. The Bertz CT molecular complexity index is 583. The van der Waals surface area contributed by atoms with Crippen molar-refractivity contribution in [1.29, 1.82) is 0 Å². The van der Waals surface area contributed by atoms with Crippen LogP contribution >= 0.6 is 0 Å². The van der Waals surface area contributed by atoms with Crippen LogP contribution in [0.2, 0.25) is 0 Å². The first-order valence-electron chi connectivity index (χ1n) is 6.91. The average molecular weight is 280 g/mol. The van der Waals surface area contributed by atoms with Crippen molar-refractivity contribution in [2.75, 3.05) is 0 Å². The Balaban J connectivity index is 1.84. The lowest BCUT2D eigenvalue weighted by molar-refractivity contribution is 0.476. The molecule has 4 nitrogen and oxygen atoms in total. The van der Waals surface area contributed by atoms with Gasteiger partial charge in [0.25, 0.3) is 0 Å². The van der Waals surface area contributed by atoms with Crippen LogP contribution in [0.1, 0.15) is 37.3 Å². The molecule has 5 heteroatoms. The second-order valence-electron chi connectivity index (χ2n) is 5.67. The smallest absolute Gasteiger partial charge is 0.240 e. The monoisotopic (exact) mass is 280 g/mol. The van der Waals surface area contributed by atoms with Crippen LogP contribution < -0.4 is 10.0 Å². The first kappa shape index (κ1) is 13.1. The third-order valence-corrected chi connectivity index (χ3v) is 5.77. The lowest BCUT2D eigenvalue weighted by Gasteiger charge is -2.17. The van der Waals surface area contributed by atoms with E-state index in [0.29, 0.717) is 10.8 Å². The highest BCUT2D eigenvalue weighted by Crippen LogP contribution is 2.27. The van der Waals surface area contributed by atoms with E-state index in [1.165, 1.54) is 5.56 Å². The minimum Gasteiger partial charge on any atom is -0.309 e. The average Bonchev–Trinajstić information content (AvgIpc) is 2.97. The maximum absolute atomic E-state index is 12.4. The van der Waals surface area contributed by atoms with Crippen LogP contribution in [0.15, 0.2) is 23.1 Å². The predicted octanol–water partition coefficient (Wildman–Crippen LogP) is 1.76. The van der Waals surface area contributed by atoms with Gasteiger partial charge in [-0.1, -0.05) is 19.4 Å². The standard InChI is InChI=1S/C14H20N2O2S/c1-10-3-2-4-14(10)16-19(17,18)13-6-5-11-8-15-9-12(11)7-13/h5-7,10,14-16H,2-4,8-9H2,1H3. The van der Waals surface area contributed by atoms with Gasteiger partial charge in [-0.3, -0.25) is 0 Å². The molecule has 1 aromatic rings. The zero-order valence-corrected chi connectivity index (χ0v) is 12.0. The Morgan fingerprint density at radius 1 is 1.21 bits per heavy atom. The van der Waals surface area contributed by atoms with E-state index in [0.717, 1.165) is 37.9 Å². The molecule has 2 unspecified atom stereocenters. The van der Waals surface area contributed by atoms with Crippen molar-refractivity contribution in [3.05, 3.63) is 29.3 Å². The van der Waals surface area contributed by atoms with E-state index in [1.54, 1.807) is 12.1 Å². The topological polar surface area (TPSA) is 58.2 Å². The van der Waals surface area contributed by atoms with Crippen LogP contribution in [0.3, 0.4) is 0 Å². The zero-order chi connectivity index (χ0) is 13.5. The van der Waals surface area contributed by atoms with Crippen LogP contribution in [0.5, 0.6) is 0 Å². The van der Waals surface area contributed by atoms with Gasteiger partial charge in [0, 0.05) is 19.1 Å². The molecule has 2 aliphatic rings. The summed E-state index contributed by atoms with van der Waals surface area (Å²) in [6.45, 7) is 3.72. The molecule has 0 saturated heterocycles. The highest BCUT2D eigenvalue weighted by atomic mass is 32.2. The maximum Gasteiger partial charge on any atom is 0.240 e. The quantitative estimate of drug-likeness (QED) is 0.887. The molecule has 2 N–H and O–H groups in total. The second kappa shape index (κ2) is 4.89. The van der Waals surface area contributed by atoms with E-state index < -0.39 is 10.0 Å². The van der Waals surface area contributed by atoms with Gasteiger partial charge >= 0.3 is 0 Å². The molecule has 104 valence electrons. The molecular weight excluding hydrogens is 260 g/mol. The summed E-state index contributed by atoms with van der Waals surface area (Å²) in [5.74, 6) is 0.436. The molecule has 1 aliphatic carbocycles. The first-order chi connectivity index (χ1) is 9.06. The molecule has 0 bridgehead atoms. The van der Waals surface area contributed by atoms with Gasteiger partial charge < -0.3 is 5.32 Å². The molecule has 0 spiro atoms. The van der Waals surface area contributed by atoms with Crippen LogP contribution in [0.4, 0.5) is 0 Å². The summed E-state index contributed by atoms with van der Waals surface area (Å²) in [5, 5.41) is 3.23. The van der Waals surface area contributed by atoms with Crippen LogP contribution in [0, 0.1) is 5.92 Å². The third-order valence-electron chi connectivity index (χ3n) is 4.29. The highest BCUT2D eigenvalue weighted by molar-refractivity contribution is 7.89. The van der Waals surface area contributed by atoms with Crippen molar-refractivity contribution in [3.8, 4) is 0 Å². The van der Waals surface area contributed by atoms with E-state index in [-0.39, 0.29) is 6.04 Å². The summed E-state index contributed by atoms with van der Waals surface area (Å²) in [7, 11) is -3.38. The summed E-state index contributed by atoms with van der Waals surface area (Å²) in [6.07, 6.45) is 3.18. The lowest BCUT2D eigenvalue weighted by atomic mass is 10.1. The van der Waals surface area contributed by atoms with E-state index in [9.17, 15) is 8.42 Å². The van der Waals surface area contributed by atoms with Gasteiger partial charge in [0.05, 0.1) is 4.90 Å². The van der Waals surface area contributed by atoms with Gasteiger partial charge in [0.2, 0.25) is 10.0 Å². The van der Waals surface area contributed by atoms with Gasteiger partial charge in [0.1, 0.15) is 0 Å². The molecule has 1 fully saturated rings. The number of nitrogens with one attached hydrogen (secondary N) is 2. The Morgan fingerprint density at radius 2 is 2.00 bits per heavy atom. The Hall–Kier alpha value is -0.910. The maximum atomic E-state index is 12.4. The van der Waals surface area contributed by atoms with Gasteiger partial charge in [-0.25, -0.2) is 13.1 Å². The zero-order valence-electron chi connectivity index (χ0n) is 11.1. The Labute approximate surface area is 114 Å². The van der Waals surface area contributed by atoms with E-state index in [4.69, 9.17) is 0 Å². The van der Waals surface area contributed by atoms with E-state index >= 15 is 0 Å². The molecule has 2 atom stereocenters. The van der Waals surface area contributed by atoms with Crippen molar-refractivity contribution in [1.82, 2.24) is 10.0 Å². The normalized spacial score (nSPS) is 26.6. The summed E-state index contributed by atoms with van der Waals surface area (Å²) in [4.78, 5) is 0.397. The minimum atomic E-state index is -3.38. The van der Waals surface area contributed by atoms with Gasteiger partial charge in [-0.15, -0.1) is 0 Å². The van der Waals surface area contributed by atoms with Crippen LogP contribution in [-0.4, -0.2) is 14.5 Å². The van der Waals surface area contributed by atoms with Crippen LogP contribution in [-0.2, 0) is 23.1 Å².